The van der Waals surface area contributed by atoms with Crippen LogP contribution in [-0.4, -0.2) is 21.1 Å². The van der Waals surface area contributed by atoms with Gasteiger partial charge in [-0.15, -0.1) is 0 Å². The molecule has 1 aromatic rings. The molecule has 0 spiro atoms. The smallest absolute Gasteiger partial charge is 0.340 e. The lowest BCUT2D eigenvalue weighted by Crippen LogP contribution is -2.03. The molecule has 0 saturated carbocycles. The first kappa shape index (κ1) is 9.97. The Hall–Kier alpha value is -2.11. The van der Waals surface area contributed by atoms with Crippen LogP contribution in [0.15, 0.2) is 12.1 Å². The minimum Gasteiger partial charge on any atom is -0.507 e. The van der Waals surface area contributed by atoms with Crippen LogP contribution in [-0.2, 0) is 0 Å². The van der Waals surface area contributed by atoms with E-state index < -0.39 is 22.2 Å². The Labute approximate surface area is 78.6 Å². The van der Waals surface area contributed by atoms with Crippen LogP contribution in [0.25, 0.3) is 0 Å². The van der Waals surface area contributed by atoms with E-state index in [1.807, 2.05) is 0 Å². The van der Waals surface area contributed by atoms with Crippen LogP contribution in [0.4, 0.5) is 5.69 Å². The van der Waals surface area contributed by atoms with Crippen LogP contribution in [0.2, 0.25) is 0 Å². The molecule has 14 heavy (non-hydrogen) atoms. The van der Waals surface area contributed by atoms with Crippen molar-refractivity contribution in [3.63, 3.8) is 0 Å². The van der Waals surface area contributed by atoms with E-state index >= 15 is 0 Å². The molecule has 0 heterocycles. The fraction of sp³-hybridized carbons (Fsp3) is 0.125. The van der Waals surface area contributed by atoms with E-state index in [9.17, 15) is 14.9 Å². The average molecular weight is 197 g/mol. The van der Waals surface area contributed by atoms with Gasteiger partial charge in [0.2, 0.25) is 0 Å². The second-order valence-corrected chi connectivity index (χ2v) is 2.67. The first-order chi connectivity index (χ1) is 6.45. The molecule has 74 valence electrons. The van der Waals surface area contributed by atoms with Crippen molar-refractivity contribution in [2.75, 3.05) is 0 Å². The fourth-order valence-corrected chi connectivity index (χ4v) is 1.15. The molecular weight excluding hydrogens is 190 g/mol. The number of nitro benzene ring substituents is 1. The average Bonchev–Trinajstić information content (AvgIpc) is 2.02. The number of hydrogen-bond donors (Lipinski definition) is 2. The molecule has 0 radical (unpaired) electrons. The molecule has 0 unspecified atom stereocenters. The van der Waals surface area contributed by atoms with Crippen molar-refractivity contribution in [2.45, 2.75) is 6.92 Å². The molecule has 0 atom stereocenters. The van der Waals surface area contributed by atoms with Crippen molar-refractivity contribution in [1.29, 1.82) is 0 Å². The van der Waals surface area contributed by atoms with E-state index in [0.717, 1.165) is 12.1 Å². The molecule has 1 aromatic carbocycles. The number of carbonyl (C=O) groups is 1. The van der Waals surface area contributed by atoms with Crippen molar-refractivity contribution in [2.24, 2.45) is 0 Å². The molecule has 6 nitrogen and oxygen atoms in total. The van der Waals surface area contributed by atoms with E-state index in [1.165, 1.54) is 6.92 Å². The molecule has 0 amide bonds. The normalized spacial score (nSPS) is 9.79. The summed E-state index contributed by atoms with van der Waals surface area (Å²) in [5.74, 6) is -1.86. The molecule has 1 rings (SSSR count). The van der Waals surface area contributed by atoms with Crippen LogP contribution in [0.5, 0.6) is 5.75 Å². The van der Waals surface area contributed by atoms with Crippen LogP contribution in [0.1, 0.15) is 15.9 Å². The lowest BCUT2D eigenvalue weighted by molar-refractivity contribution is -0.385. The van der Waals surface area contributed by atoms with Gasteiger partial charge in [-0.3, -0.25) is 10.1 Å². The molecule has 0 aliphatic heterocycles. The third-order valence-electron chi connectivity index (χ3n) is 1.82. The lowest BCUT2D eigenvalue weighted by Gasteiger charge is -2.03. The third kappa shape index (κ3) is 1.49. The number of carboxylic acid groups (broad SMARTS) is 1. The van der Waals surface area contributed by atoms with Crippen molar-refractivity contribution in [3.8, 4) is 5.75 Å². The van der Waals surface area contributed by atoms with Gasteiger partial charge in [0.15, 0.2) is 0 Å². The third-order valence-corrected chi connectivity index (χ3v) is 1.82. The van der Waals surface area contributed by atoms with Crippen LogP contribution >= 0.6 is 0 Å². The SMILES string of the molecule is Cc1c([N+](=O)[O-])ccc(O)c1C(=O)O. The first-order valence-corrected chi connectivity index (χ1v) is 3.65. The van der Waals surface area contributed by atoms with Crippen LogP contribution in [0.3, 0.4) is 0 Å². The van der Waals surface area contributed by atoms with E-state index in [0.29, 0.717) is 0 Å². The maximum absolute atomic E-state index is 10.6. The number of nitro groups is 1. The Kier molecular flexibility index (Phi) is 2.37. The van der Waals surface area contributed by atoms with Gasteiger partial charge >= 0.3 is 5.97 Å². The number of hydrogen-bond acceptors (Lipinski definition) is 4. The molecule has 0 aliphatic rings. The molecule has 0 aliphatic carbocycles. The molecule has 0 fully saturated rings. The van der Waals surface area contributed by atoms with Gasteiger partial charge in [0, 0.05) is 11.6 Å². The molecular formula is C8H7NO5. The molecule has 2 N–H and O–H groups in total. The van der Waals surface area contributed by atoms with E-state index in [2.05, 4.69) is 0 Å². The summed E-state index contributed by atoms with van der Waals surface area (Å²) in [6.45, 7) is 1.28. The second kappa shape index (κ2) is 3.33. The highest BCUT2D eigenvalue weighted by molar-refractivity contribution is 5.93. The summed E-state index contributed by atoms with van der Waals surface area (Å²) in [6, 6.07) is 2.06. The minimum atomic E-state index is -1.39. The fourth-order valence-electron chi connectivity index (χ4n) is 1.15. The quantitative estimate of drug-likeness (QED) is 0.549. The minimum absolute atomic E-state index is 0.0532. The Morgan fingerprint density at radius 3 is 2.50 bits per heavy atom. The number of nitrogens with zero attached hydrogens (tertiary/aromatic N) is 1. The van der Waals surface area contributed by atoms with Crippen molar-refractivity contribution >= 4 is 11.7 Å². The molecule has 0 bridgehead atoms. The maximum atomic E-state index is 10.6. The zero-order chi connectivity index (χ0) is 10.9. The topological polar surface area (TPSA) is 101 Å². The van der Waals surface area contributed by atoms with Gasteiger partial charge in [-0.2, -0.15) is 0 Å². The summed E-state index contributed by atoms with van der Waals surface area (Å²) < 4.78 is 0. The predicted molar refractivity (Wildman–Crippen MR) is 46.5 cm³/mol. The number of benzene rings is 1. The van der Waals surface area contributed by atoms with Crippen molar-refractivity contribution < 1.29 is 19.9 Å². The van der Waals surface area contributed by atoms with Gasteiger partial charge in [-0.05, 0) is 13.0 Å². The summed E-state index contributed by atoms with van der Waals surface area (Å²) in [7, 11) is 0. The number of aromatic hydroxyl groups is 1. The number of carboxylic acids is 1. The zero-order valence-corrected chi connectivity index (χ0v) is 7.22. The number of phenols is 1. The Bertz CT molecular complexity index is 412. The summed E-state index contributed by atoms with van der Waals surface area (Å²) in [6.07, 6.45) is 0. The van der Waals surface area contributed by atoms with Gasteiger partial charge in [-0.1, -0.05) is 0 Å². The summed E-state index contributed by atoms with van der Waals surface area (Å²) in [4.78, 5) is 20.4. The van der Waals surface area contributed by atoms with E-state index in [4.69, 9.17) is 10.2 Å². The van der Waals surface area contributed by atoms with Gasteiger partial charge in [-0.25, -0.2) is 4.79 Å². The highest BCUT2D eigenvalue weighted by Crippen LogP contribution is 2.28. The molecule has 0 aromatic heterocycles. The van der Waals surface area contributed by atoms with Gasteiger partial charge in [0.1, 0.15) is 11.3 Å². The summed E-state index contributed by atoms with van der Waals surface area (Å²) in [5.41, 5.74) is -0.804. The van der Waals surface area contributed by atoms with Crippen molar-refractivity contribution in [1.82, 2.24) is 0 Å². The van der Waals surface area contributed by atoms with Crippen molar-refractivity contribution in [3.05, 3.63) is 33.4 Å². The summed E-state index contributed by atoms with van der Waals surface area (Å²) in [5, 5.41) is 28.3. The first-order valence-electron chi connectivity index (χ1n) is 3.65. The highest BCUT2D eigenvalue weighted by Gasteiger charge is 2.21. The zero-order valence-electron chi connectivity index (χ0n) is 7.22. The Balaban J connectivity index is 3.49. The van der Waals surface area contributed by atoms with Crippen LogP contribution in [0, 0.1) is 17.0 Å². The van der Waals surface area contributed by atoms with Gasteiger partial charge < -0.3 is 10.2 Å². The Morgan fingerprint density at radius 1 is 1.50 bits per heavy atom. The maximum Gasteiger partial charge on any atom is 0.340 e. The molecule has 0 saturated heterocycles. The highest BCUT2D eigenvalue weighted by atomic mass is 16.6. The van der Waals surface area contributed by atoms with E-state index in [1.54, 1.807) is 0 Å². The summed E-state index contributed by atoms with van der Waals surface area (Å²) >= 11 is 0. The van der Waals surface area contributed by atoms with Gasteiger partial charge in [0.05, 0.1) is 4.92 Å². The van der Waals surface area contributed by atoms with E-state index in [-0.39, 0.29) is 11.3 Å². The molecule has 6 heteroatoms. The van der Waals surface area contributed by atoms with Gasteiger partial charge in [0.25, 0.3) is 5.69 Å². The number of rotatable bonds is 2. The second-order valence-electron chi connectivity index (χ2n) is 2.67. The monoisotopic (exact) mass is 197 g/mol. The Morgan fingerprint density at radius 2 is 2.07 bits per heavy atom. The predicted octanol–water partition coefficient (Wildman–Crippen LogP) is 1.31. The lowest BCUT2D eigenvalue weighted by atomic mass is 10.1. The standard InChI is InChI=1S/C8H7NO5/c1-4-5(9(13)14)2-3-6(10)7(4)8(11)12/h2-3,10H,1H3,(H,11,12). The largest absolute Gasteiger partial charge is 0.507 e. The van der Waals surface area contributed by atoms with Crippen LogP contribution < -0.4 is 0 Å². The number of aromatic carboxylic acids is 1.